The summed E-state index contributed by atoms with van der Waals surface area (Å²) in [4.78, 5) is 4.25. The summed E-state index contributed by atoms with van der Waals surface area (Å²) in [6.07, 6.45) is 12.1. The molecule has 2 heterocycles. The highest BCUT2D eigenvalue weighted by atomic mass is 15.2. The van der Waals surface area contributed by atoms with Crippen molar-refractivity contribution in [2.75, 3.05) is 5.32 Å². The number of anilines is 1. The Kier molecular flexibility index (Phi) is 3.01. The Bertz CT molecular complexity index is 510. The number of terminal acetylenes is 1. The maximum atomic E-state index is 5.31. The molecule has 5 heteroatoms. The van der Waals surface area contributed by atoms with Crippen molar-refractivity contribution in [2.45, 2.75) is 25.8 Å². The van der Waals surface area contributed by atoms with Crippen LogP contribution in [0.2, 0.25) is 0 Å². The number of nitrogens with zero attached hydrogens (tertiary/aromatic N) is 4. The van der Waals surface area contributed by atoms with Gasteiger partial charge in [-0.3, -0.25) is 4.40 Å². The summed E-state index contributed by atoms with van der Waals surface area (Å²) < 4.78 is 1.82. The molecule has 0 aliphatic rings. The fourth-order valence-electron chi connectivity index (χ4n) is 1.49. The van der Waals surface area contributed by atoms with Gasteiger partial charge in [0.15, 0.2) is 5.82 Å². The lowest BCUT2D eigenvalue weighted by atomic mass is 10.1. The van der Waals surface area contributed by atoms with E-state index in [-0.39, 0.29) is 6.04 Å². The largest absolute Gasteiger partial charge is 0.363 e. The fraction of sp³-hybridized carbons (Fsp3) is 0.364. The van der Waals surface area contributed by atoms with E-state index in [0.29, 0.717) is 6.42 Å². The number of rotatable bonds is 4. The molecule has 0 bridgehead atoms. The molecule has 0 radical (unpaired) electrons. The molecule has 0 fully saturated rings. The van der Waals surface area contributed by atoms with E-state index in [9.17, 15) is 0 Å². The molecule has 2 aromatic heterocycles. The Morgan fingerprint density at radius 2 is 2.50 bits per heavy atom. The summed E-state index contributed by atoms with van der Waals surface area (Å²) in [5.74, 6) is 3.37. The van der Waals surface area contributed by atoms with Crippen molar-refractivity contribution in [3.8, 4) is 12.3 Å². The molecule has 2 aromatic rings. The van der Waals surface area contributed by atoms with Gasteiger partial charge in [0.1, 0.15) is 6.33 Å². The highest BCUT2D eigenvalue weighted by Gasteiger charge is 2.09. The van der Waals surface area contributed by atoms with E-state index in [1.807, 2.05) is 10.6 Å². The molecule has 1 N–H and O–H groups in total. The summed E-state index contributed by atoms with van der Waals surface area (Å²) in [6, 6.07) is 0.223. The number of hydrogen-bond acceptors (Lipinski definition) is 4. The van der Waals surface area contributed by atoms with Crippen LogP contribution in [0.5, 0.6) is 0 Å². The van der Waals surface area contributed by atoms with Crippen LogP contribution in [0.3, 0.4) is 0 Å². The van der Waals surface area contributed by atoms with Gasteiger partial charge < -0.3 is 5.32 Å². The van der Waals surface area contributed by atoms with Crippen LogP contribution in [0.15, 0.2) is 18.7 Å². The molecule has 0 aliphatic carbocycles. The molecule has 1 atom stereocenters. The third-order valence-corrected chi connectivity index (χ3v) is 2.41. The first-order valence-electron chi connectivity index (χ1n) is 5.19. The van der Waals surface area contributed by atoms with Crippen LogP contribution in [-0.4, -0.2) is 25.6 Å². The van der Waals surface area contributed by atoms with Gasteiger partial charge in [0.05, 0.1) is 0 Å². The van der Waals surface area contributed by atoms with Gasteiger partial charge in [0.2, 0.25) is 5.65 Å². The predicted molar refractivity (Wildman–Crippen MR) is 61.9 cm³/mol. The van der Waals surface area contributed by atoms with Gasteiger partial charge >= 0.3 is 0 Å². The Labute approximate surface area is 93.9 Å². The number of fused-ring (bicyclic) bond motifs is 1. The molecule has 0 spiro atoms. The highest BCUT2D eigenvalue weighted by molar-refractivity contribution is 5.61. The van der Waals surface area contributed by atoms with Crippen molar-refractivity contribution in [1.29, 1.82) is 0 Å². The van der Waals surface area contributed by atoms with Crippen molar-refractivity contribution in [1.82, 2.24) is 19.6 Å². The Morgan fingerprint density at radius 1 is 1.62 bits per heavy atom. The van der Waals surface area contributed by atoms with Gasteiger partial charge in [-0.25, -0.2) is 4.98 Å². The molecule has 0 amide bonds. The molecule has 0 saturated carbocycles. The molecular formula is C11H13N5. The van der Waals surface area contributed by atoms with E-state index in [1.165, 1.54) is 0 Å². The van der Waals surface area contributed by atoms with E-state index in [0.717, 1.165) is 17.9 Å². The van der Waals surface area contributed by atoms with Crippen molar-refractivity contribution >= 4 is 11.5 Å². The minimum Gasteiger partial charge on any atom is -0.363 e. The minimum absolute atomic E-state index is 0.223. The van der Waals surface area contributed by atoms with E-state index >= 15 is 0 Å². The van der Waals surface area contributed by atoms with Crippen LogP contribution in [0, 0.1) is 12.3 Å². The standard InChI is InChI=1S/C11H13N5/c1-3-5-9(4-2)14-10-11-15-13-8-16(11)7-6-12-10/h1,6-9H,4-5H2,2H3,(H,12,14). The number of nitrogens with one attached hydrogen (secondary N) is 1. The molecule has 5 nitrogen and oxygen atoms in total. The number of aromatic nitrogens is 4. The summed E-state index contributed by atoms with van der Waals surface area (Å²) in [7, 11) is 0. The van der Waals surface area contributed by atoms with Crippen molar-refractivity contribution in [3.05, 3.63) is 18.7 Å². The van der Waals surface area contributed by atoms with E-state index in [4.69, 9.17) is 6.42 Å². The summed E-state index contributed by atoms with van der Waals surface area (Å²) in [6.45, 7) is 2.08. The molecule has 16 heavy (non-hydrogen) atoms. The molecule has 0 aliphatic heterocycles. The maximum Gasteiger partial charge on any atom is 0.203 e. The van der Waals surface area contributed by atoms with Crippen molar-refractivity contribution in [3.63, 3.8) is 0 Å². The van der Waals surface area contributed by atoms with Crippen LogP contribution in [0.1, 0.15) is 19.8 Å². The van der Waals surface area contributed by atoms with Crippen molar-refractivity contribution in [2.24, 2.45) is 0 Å². The molecule has 82 valence electrons. The number of hydrogen-bond donors (Lipinski definition) is 1. The monoisotopic (exact) mass is 215 g/mol. The summed E-state index contributed by atoms with van der Waals surface area (Å²) >= 11 is 0. The van der Waals surface area contributed by atoms with E-state index in [2.05, 4.69) is 33.3 Å². The zero-order chi connectivity index (χ0) is 11.4. The molecular weight excluding hydrogens is 202 g/mol. The van der Waals surface area contributed by atoms with Crippen LogP contribution in [-0.2, 0) is 0 Å². The van der Waals surface area contributed by atoms with Crippen LogP contribution in [0.4, 0.5) is 5.82 Å². The molecule has 0 aromatic carbocycles. The lowest BCUT2D eigenvalue weighted by Gasteiger charge is -2.14. The Hall–Kier alpha value is -2.09. The fourth-order valence-corrected chi connectivity index (χ4v) is 1.49. The Morgan fingerprint density at radius 3 is 3.25 bits per heavy atom. The zero-order valence-corrected chi connectivity index (χ0v) is 9.09. The summed E-state index contributed by atoms with van der Waals surface area (Å²) in [5.41, 5.74) is 0.720. The minimum atomic E-state index is 0.223. The predicted octanol–water partition coefficient (Wildman–Crippen LogP) is 1.34. The van der Waals surface area contributed by atoms with Crippen LogP contribution >= 0.6 is 0 Å². The molecule has 0 saturated heterocycles. The second-order valence-electron chi connectivity index (χ2n) is 3.50. The quantitative estimate of drug-likeness (QED) is 0.782. The van der Waals surface area contributed by atoms with Crippen LogP contribution in [0.25, 0.3) is 5.65 Å². The van der Waals surface area contributed by atoms with Gasteiger partial charge in [-0.15, -0.1) is 22.5 Å². The van der Waals surface area contributed by atoms with Crippen molar-refractivity contribution < 1.29 is 0 Å². The third kappa shape index (κ3) is 1.96. The van der Waals surface area contributed by atoms with Gasteiger partial charge in [0, 0.05) is 24.9 Å². The first-order valence-corrected chi connectivity index (χ1v) is 5.19. The average Bonchev–Trinajstić information content (AvgIpc) is 2.77. The third-order valence-electron chi connectivity index (χ3n) is 2.41. The highest BCUT2D eigenvalue weighted by Crippen LogP contribution is 2.13. The first kappa shape index (κ1) is 10.4. The SMILES string of the molecule is C#CCC(CC)Nc1nccn2cnnc12. The van der Waals surface area contributed by atoms with Gasteiger partial charge in [-0.2, -0.15) is 0 Å². The molecule has 2 rings (SSSR count). The zero-order valence-electron chi connectivity index (χ0n) is 9.09. The summed E-state index contributed by atoms with van der Waals surface area (Å²) in [5, 5.41) is 11.1. The van der Waals surface area contributed by atoms with E-state index in [1.54, 1.807) is 12.5 Å². The van der Waals surface area contributed by atoms with Gasteiger partial charge in [-0.1, -0.05) is 6.92 Å². The lowest BCUT2D eigenvalue weighted by Crippen LogP contribution is -2.19. The maximum absolute atomic E-state index is 5.31. The second-order valence-corrected chi connectivity index (χ2v) is 3.50. The first-order chi connectivity index (χ1) is 7.85. The van der Waals surface area contributed by atoms with Gasteiger partial charge in [0.25, 0.3) is 0 Å². The molecule has 1 unspecified atom stereocenters. The Balaban J connectivity index is 2.26. The normalized spacial score (nSPS) is 12.2. The lowest BCUT2D eigenvalue weighted by molar-refractivity contribution is 0.711. The topological polar surface area (TPSA) is 55.1 Å². The smallest absolute Gasteiger partial charge is 0.203 e. The second kappa shape index (κ2) is 4.62. The van der Waals surface area contributed by atoms with E-state index < -0.39 is 0 Å². The van der Waals surface area contributed by atoms with Gasteiger partial charge in [-0.05, 0) is 6.42 Å². The average molecular weight is 215 g/mol. The van der Waals surface area contributed by atoms with Crippen LogP contribution < -0.4 is 5.32 Å².